The predicted molar refractivity (Wildman–Crippen MR) is 126 cm³/mol. The Hall–Kier alpha value is -0.690. The molecule has 3 heterocycles. The molecule has 10 heteroatoms. The van der Waals surface area contributed by atoms with E-state index in [4.69, 9.17) is 14.2 Å². The number of amides is 1. The van der Waals surface area contributed by atoms with Gasteiger partial charge >= 0.3 is 0 Å². The van der Waals surface area contributed by atoms with E-state index in [-0.39, 0.29) is 42.5 Å². The van der Waals surface area contributed by atoms with Crippen molar-refractivity contribution in [1.29, 1.82) is 0 Å². The minimum atomic E-state index is -0.484. The zero-order valence-corrected chi connectivity index (χ0v) is 20.9. The van der Waals surface area contributed by atoms with E-state index in [1.807, 2.05) is 0 Å². The molecule has 174 valence electrons. The molecule has 1 spiro atoms. The van der Waals surface area contributed by atoms with Gasteiger partial charge in [0.05, 0.1) is 19.8 Å². The first-order valence-corrected chi connectivity index (χ1v) is 10.9. The molecule has 0 bridgehead atoms. The number of likely N-dealkylation sites (tertiary alicyclic amines) is 1. The van der Waals surface area contributed by atoms with Crippen LogP contribution >= 0.6 is 24.0 Å². The highest BCUT2D eigenvalue weighted by atomic mass is 127. The molecule has 0 saturated carbocycles. The van der Waals surface area contributed by atoms with Crippen LogP contribution in [0.2, 0.25) is 0 Å². The summed E-state index contributed by atoms with van der Waals surface area (Å²) in [7, 11) is 3.49. The number of hydrogen-bond acceptors (Lipinski definition) is 6. The summed E-state index contributed by atoms with van der Waals surface area (Å²) in [6, 6.07) is 0.508. The van der Waals surface area contributed by atoms with Crippen molar-refractivity contribution in [1.82, 2.24) is 20.4 Å². The number of likely N-dealkylation sites (N-methyl/N-ethyl adjacent to an activating group) is 2. The second-order valence-electron chi connectivity index (χ2n) is 8.21. The molecule has 0 aromatic heterocycles. The van der Waals surface area contributed by atoms with E-state index in [0.29, 0.717) is 38.4 Å². The van der Waals surface area contributed by atoms with Crippen molar-refractivity contribution in [3.05, 3.63) is 0 Å². The molecule has 3 rings (SSSR count). The van der Waals surface area contributed by atoms with Gasteiger partial charge in [-0.3, -0.25) is 9.69 Å². The smallest absolute Gasteiger partial charge is 0.243 e. The first-order valence-electron chi connectivity index (χ1n) is 10.9. The number of carbonyl (C=O) groups excluding carboxylic acids is 1. The fourth-order valence-electron chi connectivity index (χ4n) is 4.09. The second kappa shape index (κ2) is 12.4. The van der Waals surface area contributed by atoms with E-state index in [9.17, 15) is 4.79 Å². The highest BCUT2D eigenvalue weighted by molar-refractivity contribution is 14.0. The fourth-order valence-corrected chi connectivity index (χ4v) is 4.09. The molecule has 2 N–H and O–H groups in total. The molecule has 1 amide bonds. The van der Waals surface area contributed by atoms with Crippen molar-refractivity contribution in [3.8, 4) is 0 Å². The monoisotopic (exact) mass is 539 g/mol. The van der Waals surface area contributed by atoms with Crippen LogP contribution in [-0.4, -0.2) is 106 Å². The molecule has 2 atom stereocenters. The van der Waals surface area contributed by atoms with Crippen LogP contribution in [0.25, 0.3) is 0 Å². The average molecular weight is 539 g/mol. The second-order valence-corrected chi connectivity index (χ2v) is 8.21. The Morgan fingerprint density at radius 1 is 1.23 bits per heavy atom. The Kier molecular flexibility index (Phi) is 10.5. The summed E-state index contributed by atoms with van der Waals surface area (Å²) in [5.41, 5.74) is 0. The van der Waals surface area contributed by atoms with E-state index in [1.54, 1.807) is 19.0 Å². The molecule has 3 aliphatic heterocycles. The lowest BCUT2D eigenvalue weighted by molar-refractivity contribution is -0.210. The number of carbonyl (C=O) groups is 1. The lowest BCUT2D eigenvalue weighted by atomic mass is 10.1. The van der Waals surface area contributed by atoms with Crippen LogP contribution in [0.3, 0.4) is 0 Å². The van der Waals surface area contributed by atoms with Gasteiger partial charge in [-0.15, -0.1) is 24.0 Å². The van der Waals surface area contributed by atoms with Crippen molar-refractivity contribution in [2.45, 2.75) is 50.5 Å². The van der Waals surface area contributed by atoms with Crippen molar-refractivity contribution >= 4 is 35.8 Å². The number of guanidine groups is 1. The van der Waals surface area contributed by atoms with Gasteiger partial charge in [-0.1, -0.05) is 6.92 Å². The molecule has 0 aromatic carbocycles. The molecule has 3 saturated heterocycles. The Bertz CT molecular complexity index is 571. The average Bonchev–Trinajstić information content (AvgIpc) is 3.34. The van der Waals surface area contributed by atoms with Gasteiger partial charge in [0.2, 0.25) is 5.91 Å². The summed E-state index contributed by atoms with van der Waals surface area (Å²) >= 11 is 0. The third kappa shape index (κ3) is 7.18. The normalized spacial score (nSPS) is 26.4. The number of rotatable bonds is 7. The van der Waals surface area contributed by atoms with Gasteiger partial charge in [-0.25, -0.2) is 4.99 Å². The van der Waals surface area contributed by atoms with E-state index >= 15 is 0 Å². The fraction of sp³-hybridized carbons (Fsp3) is 0.900. The highest BCUT2D eigenvalue weighted by Crippen LogP contribution is 2.32. The van der Waals surface area contributed by atoms with Crippen LogP contribution < -0.4 is 10.6 Å². The Morgan fingerprint density at radius 3 is 2.67 bits per heavy atom. The van der Waals surface area contributed by atoms with Gasteiger partial charge in [0.1, 0.15) is 12.6 Å². The summed E-state index contributed by atoms with van der Waals surface area (Å²) in [5, 5.41) is 6.77. The third-order valence-corrected chi connectivity index (χ3v) is 5.95. The molecule has 0 radical (unpaired) electrons. The van der Waals surface area contributed by atoms with Gasteiger partial charge in [-0.2, -0.15) is 0 Å². The first-order chi connectivity index (χ1) is 14.0. The molecule has 0 aromatic rings. The van der Waals surface area contributed by atoms with Crippen molar-refractivity contribution < 1.29 is 19.0 Å². The molecule has 2 unspecified atom stereocenters. The third-order valence-electron chi connectivity index (χ3n) is 5.95. The van der Waals surface area contributed by atoms with E-state index in [2.05, 4.69) is 27.4 Å². The SMILES string of the molecule is CCN1CCCC1CNC(=NCC(=O)N(C)C)NCC1COC2(CCOCC2)O1.I. The van der Waals surface area contributed by atoms with Crippen molar-refractivity contribution in [3.63, 3.8) is 0 Å². The number of halogens is 1. The lowest BCUT2D eigenvalue weighted by Crippen LogP contribution is -2.47. The molecule has 9 nitrogen and oxygen atoms in total. The molecule has 30 heavy (non-hydrogen) atoms. The maximum absolute atomic E-state index is 12.0. The maximum Gasteiger partial charge on any atom is 0.243 e. The quantitative estimate of drug-likeness (QED) is 0.279. The maximum atomic E-state index is 12.0. The van der Waals surface area contributed by atoms with Crippen LogP contribution in [0, 0.1) is 0 Å². The Morgan fingerprint density at radius 2 is 1.97 bits per heavy atom. The van der Waals surface area contributed by atoms with Gasteiger partial charge < -0.3 is 29.7 Å². The van der Waals surface area contributed by atoms with Crippen LogP contribution in [0.15, 0.2) is 4.99 Å². The summed E-state index contributed by atoms with van der Waals surface area (Å²) in [6.45, 7) is 7.85. The summed E-state index contributed by atoms with van der Waals surface area (Å²) in [5.74, 6) is 0.144. The van der Waals surface area contributed by atoms with Crippen LogP contribution in [0.1, 0.15) is 32.6 Å². The van der Waals surface area contributed by atoms with Gasteiger partial charge in [0.15, 0.2) is 11.7 Å². The number of ether oxygens (including phenoxy) is 3. The van der Waals surface area contributed by atoms with E-state index in [0.717, 1.165) is 32.5 Å². The summed E-state index contributed by atoms with van der Waals surface area (Å²) in [6.07, 6.45) is 3.93. The largest absolute Gasteiger partial charge is 0.381 e. The first kappa shape index (κ1) is 25.6. The zero-order chi connectivity index (χ0) is 20.7. The van der Waals surface area contributed by atoms with Crippen LogP contribution in [0.5, 0.6) is 0 Å². The van der Waals surface area contributed by atoms with Gasteiger partial charge in [-0.05, 0) is 25.9 Å². The number of aliphatic imine (C=N–C) groups is 1. The van der Waals surface area contributed by atoms with E-state index in [1.165, 1.54) is 12.8 Å². The predicted octanol–water partition coefficient (Wildman–Crippen LogP) is 0.634. The van der Waals surface area contributed by atoms with Gasteiger partial charge in [0.25, 0.3) is 0 Å². The summed E-state index contributed by atoms with van der Waals surface area (Å²) in [4.78, 5) is 20.5. The molecule has 0 aliphatic carbocycles. The highest BCUT2D eigenvalue weighted by Gasteiger charge is 2.42. The Labute approximate surface area is 197 Å². The number of nitrogens with zero attached hydrogens (tertiary/aromatic N) is 3. The molecular weight excluding hydrogens is 501 g/mol. The molecule has 3 aliphatic rings. The van der Waals surface area contributed by atoms with Crippen molar-refractivity contribution in [2.24, 2.45) is 4.99 Å². The Balaban J connectivity index is 0.00000320. The zero-order valence-electron chi connectivity index (χ0n) is 18.5. The van der Waals surface area contributed by atoms with Crippen LogP contribution in [0.4, 0.5) is 0 Å². The minimum absolute atomic E-state index is 0. The number of hydrogen-bond donors (Lipinski definition) is 2. The molecule has 3 fully saturated rings. The topological polar surface area (TPSA) is 87.7 Å². The van der Waals surface area contributed by atoms with Gasteiger partial charge in [0, 0.05) is 46.1 Å². The van der Waals surface area contributed by atoms with E-state index < -0.39 is 5.79 Å². The molecular formula is C20H38IN5O4. The number of nitrogens with one attached hydrogen (secondary N) is 2. The minimum Gasteiger partial charge on any atom is -0.381 e. The van der Waals surface area contributed by atoms with Crippen molar-refractivity contribution in [2.75, 3.05) is 66.6 Å². The lowest BCUT2D eigenvalue weighted by Gasteiger charge is -2.31. The van der Waals surface area contributed by atoms with Crippen LogP contribution in [-0.2, 0) is 19.0 Å². The summed E-state index contributed by atoms with van der Waals surface area (Å²) < 4.78 is 17.6. The standard InChI is InChI=1S/C20H37N5O4.HI/c1-4-25-9-5-6-16(25)12-21-19(23-14-18(26)24(2)3)22-13-17-15-28-20(29-17)7-10-27-11-8-20;/h16-17H,4-15H2,1-3H3,(H2,21,22,23);1H.